The minimum absolute atomic E-state index is 0.224. The monoisotopic (exact) mass is 346 g/mol. The number of carbonyl (C=O) groups excluding carboxylic acids is 1. The van der Waals surface area contributed by atoms with Gasteiger partial charge in [-0.25, -0.2) is 0 Å². The van der Waals surface area contributed by atoms with Crippen LogP contribution in [0.3, 0.4) is 0 Å². The van der Waals surface area contributed by atoms with Crippen molar-refractivity contribution in [3.05, 3.63) is 0 Å². The molecule has 24 heavy (non-hydrogen) atoms. The van der Waals surface area contributed by atoms with Gasteiger partial charge in [-0.3, -0.25) is 4.79 Å². The average molecular weight is 347 g/mol. The Morgan fingerprint density at radius 3 is 1.38 bits per heavy atom. The van der Waals surface area contributed by atoms with E-state index >= 15 is 0 Å². The summed E-state index contributed by atoms with van der Waals surface area (Å²) in [7, 11) is 0. The van der Waals surface area contributed by atoms with E-state index in [1.807, 2.05) is 20.8 Å². The summed E-state index contributed by atoms with van der Waals surface area (Å²) >= 11 is 0. The number of hydrogen-bond donors (Lipinski definition) is 0. The molecular formula is C19H38O5. The first kappa shape index (κ1) is 23.5. The van der Waals surface area contributed by atoms with Crippen molar-refractivity contribution in [2.75, 3.05) is 52.9 Å². The molecular weight excluding hydrogens is 308 g/mol. The van der Waals surface area contributed by atoms with Gasteiger partial charge >= 0.3 is 0 Å². The molecule has 0 atom stereocenters. The predicted molar refractivity (Wildman–Crippen MR) is 96.4 cm³/mol. The normalized spacial score (nSPS) is 12.6. The van der Waals surface area contributed by atoms with Gasteiger partial charge in [-0.05, 0) is 11.8 Å². The zero-order valence-electron chi connectivity index (χ0n) is 16.6. The summed E-state index contributed by atoms with van der Waals surface area (Å²) in [6.45, 7) is 17.0. The molecule has 0 aromatic heterocycles. The summed E-state index contributed by atoms with van der Waals surface area (Å²) in [5.41, 5.74) is 0.0322. The first-order valence-corrected chi connectivity index (χ1v) is 8.97. The van der Waals surface area contributed by atoms with E-state index in [2.05, 4.69) is 20.8 Å². The minimum atomic E-state index is -0.284. The third-order valence-corrected chi connectivity index (χ3v) is 3.42. The van der Waals surface area contributed by atoms with Gasteiger partial charge in [0.15, 0.2) is 0 Å². The van der Waals surface area contributed by atoms with E-state index in [9.17, 15) is 4.79 Å². The van der Waals surface area contributed by atoms with E-state index in [1.54, 1.807) is 0 Å². The van der Waals surface area contributed by atoms with Crippen LogP contribution in [0.15, 0.2) is 0 Å². The van der Waals surface area contributed by atoms with Crippen LogP contribution in [-0.2, 0) is 23.7 Å². The first-order valence-electron chi connectivity index (χ1n) is 8.97. The van der Waals surface area contributed by atoms with Gasteiger partial charge in [0, 0.05) is 18.4 Å². The Hall–Kier alpha value is -0.490. The minimum Gasteiger partial charge on any atom is -0.379 e. The Bertz CT molecular complexity index is 315. The lowest BCUT2D eigenvalue weighted by Crippen LogP contribution is -2.22. The number of Topliss-reactive ketones (excluding diaryl/α,β-unsaturated/α-hetero) is 1. The first-order chi connectivity index (χ1) is 11.1. The zero-order chi connectivity index (χ0) is 18.5. The fourth-order valence-corrected chi connectivity index (χ4v) is 1.68. The van der Waals surface area contributed by atoms with E-state index in [4.69, 9.17) is 18.9 Å². The van der Waals surface area contributed by atoms with Crippen molar-refractivity contribution in [2.45, 2.75) is 54.4 Å². The Kier molecular flexibility index (Phi) is 12.6. The number of hydrogen-bond acceptors (Lipinski definition) is 5. The van der Waals surface area contributed by atoms with Gasteiger partial charge in [-0.15, -0.1) is 0 Å². The quantitative estimate of drug-likeness (QED) is 0.451. The van der Waals surface area contributed by atoms with Crippen molar-refractivity contribution in [1.29, 1.82) is 0 Å². The maximum Gasteiger partial charge on any atom is 0.140 e. The molecule has 0 rings (SSSR count). The number of rotatable bonds is 14. The summed E-state index contributed by atoms with van der Waals surface area (Å²) in [5, 5.41) is 0. The van der Waals surface area contributed by atoms with Crippen molar-refractivity contribution in [2.24, 2.45) is 10.8 Å². The Balaban J connectivity index is 3.20. The summed E-state index contributed by atoms with van der Waals surface area (Å²) in [6.07, 6.45) is 1.51. The molecule has 0 spiro atoms. The SMILES string of the molecule is CC(C)(C)CCOCCOCCOCCOCCC(=O)C(C)(C)C. The van der Waals surface area contributed by atoms with Gasteiger partial charge in [0.25, 0.3) is 0 Å². The molecule has 0 radical (unpaired) electrons. The lowest BCUT2D eigenvalue weighted by molar-refractivity contribution is -0.127. The fourth-order valence-electron chi connectivity index (χ4n) is 1.68. The maximum absolute atomic E-state index is 11.7. The highest BCUT2D eigenvalue weighted by molar-refractivity contribution is 5.83. The standard InChI is InChI=1S/C19H38O5/c1-18(2,3)8-10-22-12-14-24-16-15-23-13-11-21-9-7-17(20)19(4,5)6/h7-16H2,1-6H3. The van der Waals surface area contributed by atoms with Crippen molar-refractivity contribution in [3.8, 4) is 0 Å². The molecule has 0 aliphatic heterocycles. The van der Waals surface area contributed by atoms with Gasteiger partial charge in [0.05, 0.1) is 46.2 Å². The van der Waals surface area contributed by atoms with Crippen LogP contribution in [0.4, 0.5) is 0 Å². The van der Waals surface area contributed by atoms with Crippen molar-refractivity contribution >= 4 is 5.78 Å². The van der Waals surface area contributed by atoms with Gasteiger partial charge in [0.1, 0.15) is 5.78 Å². The second-order valence-corrected chi connectivity index (χ2v) is 8.18. The molecule has 144 valence electrons. The second-order valence-electron chi connectivity index (χ2n) is 8.18. The molecule has 0 aliphatic carbocycles. The maximum atomic E-state index is 11.7. The summed E-state index contributed by atoms with van der Waals surface area (Å²) < 4.78 is 21.7. The topological polar surface area (TPSA) is 54.0 Å². The molecule has 0 heterocycles. The van der Waals surface area contributed by atoms with E-state index < -0.39 is 0 Å². The van der Waals surface area contributed by atoms with Crippen LogP contribution in [0.2, 0.25) is 0 Å². The number of ketones is 1. The highest BCUT2D eigenvalue weighted by Gasteiger charge is 2.20. The lowest BCUT2D eigenvalue weighted by atomic mass is 9.89. The molecule has 0 aliphatic rings. The van der Waals surface area contributed by atoms with Crippen LogP contribution in [0.5, 0.6) is 0 Å². The van der Waals surface area contributed by atoms with E-state index in [0.29, 0.717) is 58.1 Å². The molecule has 5 heteroatoms. The molecule has 0 saturated carbocycles. The third-order valence-electron chi connectivity index (χ3n) is 3.42. The molecule has 0 N–H and O–H groups in total. The van der Waals surface area contributed by atoms with Crippen LogP contribution in [0.1, 0.15) is 54.4 Å². The molecule has 0 unspecified atom stereocenters. The molecule has 0 saturated heterocycles. The van der Waals surface area contributed by atoms with Crippen molar-refractivity contribution in [1.82, 2.24) is 0 Å². The number of carbonyl (C=O) groups is 1. The molecule has 0 aromatic carbocycles. The smallest absolute Gasteiger partial charge is 0.140 e. The van der Waals surface area contributed by atoms with Gasteiger partial charge < -0.3 is 18.9 Å². The summed E-state index contributed by atoms with van der Waals surface area (Å²) in [5.74, 6) is 0.224. The highest BCUT2D eigenvalue weighted by atomic mass is 16.6. The highest BCUT2D eigenvalue weighted by Crippen LogP contribution is 2.17. The largest absolute Gasteiger partial charge is 0.379 e. The third kappa shape index (κ3) is 16.4. The summed E-state index contributed by atoms with van der Waals surface area (Å²) in [6, 6.07) is 0. The van der Waals surface area contributed by atoms with E-state index in [0.717, 1.165) is 13.0 Å². The summed E-state index contributed by atoms with van der Waals surface area (Å²) in [4.78, 5) is 11.7. The molecule has 0 amide bonds. The van der Waals surface area contributed by atoms with E-state index in [1.165, 1.54) is 0 Å². The Labute approximate surface area is 148 Å². The van der Waals surface area contributed by atoms with Crippen LogP contribution in [0.25, 0.3) is 0 Å². The van der Waals surface area contributed by atoms with Gasteiger partial charge in [0.2, 0.25) is 0 Å². The molecule has 5 nitrogen and oxygen atoms in total. The fraction of sp³-hybridized carbons (Fsp3) is 0.947. The van der Waals surface area contributed by atoms with Gasteiger partial charge in [-0.1, -0.05) is 41.5 Å². The lowest BCUT2D eigenvalue weighted by Gasteiger charge is -2.17. The molecule has 0 bridgehead atoms. The zero-order valence-corrected chi connectivity index (χ0v) is 16.6. The van der Waals surface area contributed by atoms with Crippen LogP contribution >= 0.6 is 0 Å². The van der Waals surface area contributed by atoms with Crippen LogP contribution in [0, 0.1) is 10.8 Å². The predicted octanol–water partition coefficient (Wildman–Crippen LogP) is 3.49. The van der Waals surface area contributed by atoms with Crippen molar-refractivity contribution < 1.29 is 23.7 Å². The van der Waals surface area contributed by atoms with E-state index in [-0.39, 0.29) is 11.2 Å². The Morgan fingerprint density at radius 2 is 1.00 bits per heavy atom. The van der Waals surface area contributed by atoms with Crippen LogP contribution < -0.4 is 0 Å². The average Bonchev–Trinajstić information content (AvgIpc) is 2.45. The van der Waals surface area contributed by atoms with Crippen LogP contribution in [-0.4, -0.2) is 58.6 Å². The molecule has 0 fully saturated rings. The Morgan fingerprint density at radius 1 is 0.625 bits per heavy atom. The van der Waals surface area contributed by atoms with Gasteiger partial charge in [-0.2, -0.15) is 0 Å². The molecule has 0 aromatic rings. The second kappa shape index (κ2) is 12.8. The van der Waals surface area contributed by atoms with Crippen molar-refractivity contribution in [3.63, 3.8) is 0 Å². The number of ether oxygens (including phenoxy) is 4.